The number of hydrogen-bond acceptors (Lipinski definition) is 4. The fraction of sp³-hybridized carbons (Fsp3) is 0.167. The van der Waals surface area contributed by atoms with Crippen LogP contribution in [0.15, 0.2) is 72.8 Å². The molecule has 2 atom stereocenters. The highest BCUT2D eigenvalue weighted by molar-refractivity contribution is 5.88. The van der Waals surface area contributed by atoms with E-state index in [0.717, 1.165) is 5.56 Å². The number of ether oxygens (including phenoxy) is 1. The minimum Gasteiger partial charge on any atom is -0.484 e. The van der Waals surface area contributed by atoms with Crippen molar-refractivity contribution in [2.75, 3.05) is 12.0 Å². The topological polar surface area (TPSA) is 74.2 Å². The van der Waals surface area contributed by atoms with Crippen molar-refractivity contribution in [2.45, 2.75) is 19.1 Å². The highest BCUT2D eigenvalue weighted by Crippen LogP contribution is 2.29. The highest BCUT2D eigenvalue weighted by Gasteiger charge is 2.23. The molecule has 0 radical (unpaired) electrons. The number of halogens is 2. The molecule has 0 spiro atoms. The van der Waals surface area contributed by atoms with E-state index >= 15 is 0 Å². The molecule has 0 aliphatic heterocycles. The van der Waals surface area contributed by atoms with Crippen LogP contribution in [0.4, 0.5) is 20.2 Å². The third-order valence-electron chi connectivity index (χ3n) is 4.66. The number of benzene rings is 3. The fourth-order valence-corrected chi connectivity index (χ4v) is 3.15. The Hall–Kier alpha value is -3.74. The van der Waals surface area contributed by atoms with E-state index in [9.17, 15) is 13.6 Å². The lowest BCUT2D eigenvalue weighted by atomic mass is 10.0. The molecule has 0 saturated carbocycles. The summed E-state index contributed by atoms with van der Waals surface area (Å²) in [6.07, 6.45) is 0.621. The van der Waals surface area contributed by atoms with Gasteiger partial charge in [-0.2, -0.15) is 0 Å². The average Bonchev–Trinajstić information content (AvgIpc) is 2.80. The van der Waals surface area contributed by atoms with E-state index in [0.29, 0.717) is 22.7 Å². The maximum atomic E-state index is 13.1. The monoisotopic (exact) mass is 423 g/mol. The second-order valence-electron chi connectivity index (χ2n) is 6.96. The molecule has 160 valence electrons. The minimum absolute atomic E-state index is 0.331. The van der Waals surface area contributed by atoms with Crippen molar-refractivity contribution in [1.29, 1.82) is 5.41 Å². The molecule has 3 rings (SSSR count). The van der Waals surface area contributed by atoms with Crippen LogP contribution in [0.3, 0.4) is 0 Å². The van der Waals surface area contributed by atoms with Crippen molar-refractivity contribution in [3.63, 3.8) is 0 Å². The van der Waals surface area contributed by atoms with E-state index in [1.165, 1.54) is 18.3 Å². The van der Waals surface area contributed by atoms with Crippen LogP contribution in [0.2, 0.25) is 0 Å². The first-order valence-electron chi connectivity index (χ1n) is 9.74. The molecule has 0 saturated heterocycles. The predicted molar refractivity (Wildman–Crippen MR) is 117 cm³/mol. The number of nitrogens with one attached hydrogen (secondary N) is 3. The second-order valence-corrected chi connectivity index (χ2v) is 6.96. The zero-order chi connectivity index (χ0) is 22.2. The normalized spacial score (nSPS) is 12.5. The first kappa shape index (κ1) is 22.0. The molecule has 0 bridgehead atoms. The third-order valence-corrected chi connectivity index (χ3v) is 4.66. The van der Waals surface area contributed by atoms with Gasteiger partial charge in [0.15, 0.2) is 6.67 Å². The smallest absolute Gasteiger partial charge is 0.251 e. The summed E-state index contributed by atoms with van der Waals surface area (Å²) in [5.41, 5.74) is 2.72. The lowest BCUT2D eigenvalue weighted by molar-refractivity contribution is -0.123. The molecule has 0 fully saturated rings. The van der Waals surface area contributed by atoms with E-state index in [1.54, 1.807) is 37.3 Å². The van der Waals surface area contributed by atoms with Crippen molar-refractivity contribution in [1.82, 2.24) is 5.32 Å². The maximum absolute atomic E-state index is 13.1. The second kappa shape index (κ2) is 10.3. The van der Waals surface area contributed by atoms with Crippen LogP contribution < -0.4 is 15.4 Å². The Labute approximate surface area is 179 Å². The molecular formula is C24H23F2N3O2. The first-order valence-corrected chi connectivity index (χ1v) is 9.74. The molecule has 0 aliphatic carbocycles. The summed E-state index contributed by atoms with van der Waals surface area (Å²) in [6.45, 7) is 0.640. The van der Waals surface area contributed by atoms with Crippen molar-refractivity contribution in [3.05, 3.63) is 89.7 Å². The summed E-state index contributed by atoms with van der Waals surface area (Å²) < 4.78 is 32.0. The van der Waals surface area contributed by atoms with Crippen LogP contribution in [0, 0.1) is 11.2 Å². The Morgan fingerprint density at radius 2 is 1.81 bits per heavy atom. The predicted octanol–water partition coefficient (Wildman–Crippen LogP) is 5.16. The molecule has 3 aromatic carbocycles. The summed E-state index contributed by atoms with van der Waals surface area (Å²) in [6, 6.07) is 19.9. The minimum atomic E-state index is -1.10. The van der Waals surface area contributed by atoms with E-state index in [2.05, 4.69) is 10.6 Å². The summed E-state index contributed by atoms with van der Waals surface area (Å²) in [5, 5.41) is 13.5. The van der Waals surface area contributed by atoms with Gasteiger partial charge >= 0.3 is 0 Å². The molecule has 31 heavy (non-hydrogen) atoms. The van der Waals surface area contributed by atoms with Gasteiger partial charge in [0.05, 0.1) is 6.04 Å². The standard InChI is InChI=1S/C24H23F2N3O2/c1-16(28-23(30)14-25)24(17-5-3-2-4-6-17)31-21-11-12-22(18(13-21)15-27)29-20-9-7-19(26)8-10-20/h2-13,15-16,24,27,29H,14H2,1H3,(H,28,30)/t16-,24-/m0/s1. The number of carbonyl (C=O) groups excluding carboxylic acids is 1. The van der Waals surface area contributed by atoms with Gasteiger partial charge in [0.25, 0.3) is 5.91 Å². The Morgan fingerprint density at radius 1 is 1.10 bits per heavy atom. The van der Waals surface area contributed by atoms with Crippen molar-refractivity contribution in [3.8, 4) is 5.75 Å². The molecule has 3 aromatic rings. The van der Waals surface area contributed by atoms with Crippen molar-refractivity contribution < 1.29 is 18.3 Å². The van der Waals surface area contributed by atoms with Gasteiger partial charge in [-0.05, 0) is 55.0 Å². The van der Waals surface area contributed by atoms with Crippen LogP contribution in [0.1, 0.15) is 24.2 Å². The fourth-order valence-electron chi connectivity index (χ4n) is 3.15. The number of hydrogen-bond donors (Lipinski definition) is 3. The van der Waals surface area contributed by atoms with Crippen LogP contribution in [0.5, 0.6) is 5.75 Å². The SMILES string of the molecule is C[C@H](NC(=O)CF)[C@H](Oc1ccc(Nc2ccc(F)cc2)c(C=N)c1)c1ccccc1. The van der Waals surface area contributed by atoms with Gasteiger partial charge in [-0.1, -0.05) is 30.3 Å². The maximum Gasteiger partial charge on any atom is 0.251 e. The molecule has 0 aromatic heterocycles. The van der Waals surface area contributed by atoms with Gasteiger partial charge in [-0.15, -0.1) is 0 Å². The van der Waals surface area contributed by atoms with E-state index in [1.807, 2.05) is 30.3 Å². The molecule has 1 amide bonds. The summed E-state index contributed by atoms with van der Waals surface area (Å²) in [5.74, 6) is -0.558. The number of amides is 1. The van der Waals surface area contributed by atoms with Crippen LogP contribution in [-0.2, 0) is 4.79 Å². The van der Waals surface area contributed by atoms with Gasteiger partial charge in [0.2, 0.25) is 0 Å². The molecule has 0 heterocycles. The van der Waals surface area contributed by atoms with E-state index in [4.69, 9.17) is 10.1 Å². The lowest BCUT2D eigenvalue weighted by Gasteiger charge is -2.26. The lowest BCUT2D eigenvalue weighted by Crippen LogP contribution is -2.39. The Kier molecular flexibility index (Phi) is 7.32. The number of alkyl halides is 1. The third kappa shape index (κ3) is 5.88. The number of anilines is 2. The Balaban J connectivity index is 1.84. The van der Waals surface area contributed by atoms with E-state index in [-0.39, 0.29) is 5.82 Å². The van der Waals surface area contributed by atoms with Gasteiger partial charge in [-0.25, -0.2) is 8.78 Å². The first-order chi connectivity index (χ1) is 15.0. The van der Waals surface area contributed by atoms with Gasteiger partial charge < -0.3 is 20.8 Å². The average molecular weight is 423 g/mol. The molecule has 7 heteroatoms. The molecule has 0 aliphatic rings. The molecule has 0 unspecified atom stereocenters. The van der Waals surface area contributed by atoms with Gasteiger partial charge in [-0.3, -0.25) is 4.79 Å². The Bertz CT molecular complexity index is 1030. The van der Waals surface area contributed by atoms with Crippen molar-refractivity contribution >= 4 is 23.5 Å². The van der Waals surface area contributed by atoms with Crippen LogP contribution >= 0.6 is 0 Å². The Morgan fingerprint density at radius 3 is 2.45 bits per heavy atom. The highest BCUT2D eigenvalue weighted by atomic mass is 19.1. The molecule has 5 nitrogen and oxygen atoms in total. The number of rotatable bonds is 9. The zero-order valence-electron chi connectivity index (χ0n) is 16.9. The zero-order valence-corrected chi connectivity index (χ0v) is 16.9. The number of carbonyl (C=O) groups is 1. The van der Waals surface area contributed by atoms with Crippen molar-refractivity contribution in [2.24, 2.45) is 0 Å². The summed E-state index contributed by atoms with van der Waals surface area (Å²) >= 11 is 0. The van der Waals surface area contributed by atoms with Gasteiger partial charge in [0.1, 0.15) is 17.7 Å². The van der Waals surface area contributed by atoms with Crippen LogP contribution in [0.25, 0.3) is 0 Å². The van der Waals surface area contributed by atoms with Crippen LogP contribution in [-0.4, -0.2) is 24.8 Å². The van der Waals surface area contributed by atoms with E-state index < -0.39 is 24.7 Å². The quantitative estimate of drug-likeness (QED) is 0.416. The molecular weight excluding hydrogens is 400 g/mol. The summed E-state index contributed by atoms with van der Waals surface area (Å²) in [4.78, 5) is 11.5. The molecule has 3 N–H and O–H groups in total. The largest absolute Gasteiger partial charge is 0.484 e. The van der Waals surface area contributed by atoms with Gasteiger partial charge in [0, 0.05) is 23.2 Å². The summed E-state index contributed by atoms with van der Waals surface area (Å²) in [7, 11) is 0.